The van der Waals surface area contributed by atoms with Crippen molar-refractivity contribution in [2.24, 2.45) is 0 Å². The molecule has 88 valence electrons. The third-order valence-electron chi connectivity index (χ3n) is 2.16. The normalized spacial score (nSPS) is 10.4. The summed E-state index contributed by atoms with van der Waals surface area (Å²) >= 11 is 0. The Hall–Kier alpha value is -1.72. The molecule has 1 aromatic heterocycles. The fourth-order valence-corrected chi connectivity index (χ4v) is 1.31. The second-order valence-electron chi connectivity index (χ2n) is 3.02. The van der Waals surface area contributed by atoms with Gasteiger partial charge in [-0.2, -0.15) is 0 Å². The number of carbonyl (C=O) groups is 1. The van der Waals surface area contributed by atoms with E-state index in [0.29, 0.717) is 0 Å². The molecule has 1 aromatic rings. The number of nitrogens with zero attached hydrogens (tertiary/aromatic N) is 1. The van der Waals surface area contributed by atoms with Gasteiger partial charge in [0, 0.05) is 11.8 Å². The van der Waals surface area contributed by atoms with Crippen molar-refractivity contribution >= 4 is 5.97 Å². The molecule has 0 amide bonds. The fourth-order valence-electron chi connectivity index (χ4n) is 1.31. The number of pyridine rings is 1. The van der Waals surface area contributed by atoms with Gasteiger partial charge < -0.3 is 9.47 Å². The number of methoxy groups -OCH3 is 2. The van der Waals surface area contributed by atoms with Crippen LogP contribution in [0.4, 0.5) is 8.78 Å². The lowest BCUT2D eigenvalue weighted by Gasteiger charge is -2.12. The van der Waals surface area contributed by atoms with Crippen LogP contribution in [-0.4, -0.2) is 25.2 Å². The summed E-state index contributed by atoms with van der Waals surface area (Å²) in [5.74, 6) is -0.766. The van der Waals surface area contributed by atoms with Crippen molar-refractivity contribution in [2.75, 3.05) is 14.2 Å². The first-order valence-electron chi connectivity index (χ1n) is 4.42. The Morgan fingerprint density at radius 2 is 2.06 bits per heavy atom. The molecule has 16 heavy (non-hydrogen) atoms. The zero-order valence-corrected chi connectivity index (χ0v) is 9.08. The van der Waals surface area contributed by atoms with Crippen molar-refractivity contribution in [3.63, 3.8) is 0 Å². The van der Waals surface area contributed by atoms with Crippen LogP contribution in [0.3, 0.4) is 0 Å². The van der Waals surface area contributed by atoms with E-state index in [9.17, 15) is 13.6 Å². The van der Waals surface area contributed by atoms with E-state index in [1.807, 2.05) is 0 Å². The second kappa shape index (κ2) is 4.87. The number of aromatic nitrogens is 1. The van der Waals surface area contributed by atoms with E-state index in [1.165, 1.54) is 14.0 Å². The first kappa shape index (κ1) is 12.4. The first-order valence-corrected chi connectivity index (χ1v) is 4.42. The molecule has 0 aliphatic heterocycles. The molecule has 0 radical (unpaired) electrons. The topological polar surface area (TPSA) is 48.4 Å². The summed E-state index contributed by atoms with van der Waals surface area (Å²) in [6.07, 6.45) is -1.70. The van der Waals surface area contributed by atoms with Gasteiger partial charge in [-0.3, -0.25) is 0 Å². The van der Waals surface area contributed by atoms with E-state index < -0.39 is 12.4 Å². The van der Waals surface area contributed by atoms with E-state index in [0.717, 1.165) is 13.3 Å². The average molecular weight is 231 g/mol. The van der Waals surface area contributed by atoms with Gasteiger partial charge in [-0.15, -0.1) is 0 Å². The molecule has 1 heterocycles. The van der Waals surface area contributed by atoms with Gasteiger partial charge in [0.25, 0.3) is 6.43 Å². The molecule has 0 N–H and O–H groups in total. The minimum Gasteiger partial charge on any atom is -0.480 e. The highest BCUT2D eigenvalue weighted by molar-refractivity contribution is 5.93. The maximum atomic E-state index is 12.6. The van der Waals surface area contributed by atoms with Gasteiger partial charge in [0.15, 0.2) is 0 Å². The predicted molar refractivity (Wildman–Crippen MR) is 51.8 cm³/mol. The zero-order valence-electron chi connectivity index (χ0n) is 9.08. The predicted octanol–water partition coefficient (Wildman–Crippen LogP) is 2.12. The van der Waals surface area contributed by atoms with Crippen molar-refractivity contribution in [1.29, 1.82) is 0 Å². The Bertz CT molecular complexity index is 407. The molecular formula is C10H11F2NO3. The van der Waals surface area contributed by atoms with Crippen LogP contribution < -0.4 is 4.74 Å². The molecule has 6 heteroatoms. The average Bonchev–Trinajstić information content (AvgIpc) is 2.26. The van der Waals surface area contributed by atoms with Gasteiger partial charge in [0.2, 0.25) is 5.88 Å². The number of carbonyl (C=O) groups excluding carboxylic acids is 1. The summed E-state index contributed by atoms with van der Waals surface area (Å²) in [5.41, 5.74) is -0.252. The highest BCUT2D eigenvalue weighted by Gasteiger charge is 2.23. The summed E-state index contributed by atoms with van der Waals surface area (Å²) < 4.78 is 34.5. The van der Waals surface area contributed by atoms with Crippen LogP contribution >= 0.6 is 0 Å². The van der Waals surface area contributed by atoms with Gasteiger partial charge in [-0.25, -0.2) is 18.6 Å². The number of hydrogen-bond donors (Lipinski definition) is 0. The van der Waals surface area contributed by atoms with Crippen molar-refractivity contribution < 1.29 is 23.0 Å². The van der Waals surface area contributed by atoms with Crippen LogP contribution in [0.1, 0.15) is 27.9 Å². The zero-order chi connectivity index (χ0) is 12.3. The molecule has 0 aliphatic carbocycles. The molecule has 0 bridgehead atoms. The van der Waals surface area contributed by atoms with Gasteiger partial charge in [-0.1, -0.05) is 0 Å². The van der Waals surface area contributed by atoms with Crippen molar-refractivity contribution in [2.45, 2.75) is 13.3 Å². The van der Waals surface area contributed by atoms with Crippen LogP contribution in [-0.2, 0) is 4.74 Å². The first-order chi connectivity index (χ1) is 7.52. The van der Waals surface area contributed by atoms with E-state index >= 15 is 0 Å². The second-order valence-corrected chi connectivity index (χ2v) is 3.02. The molecule has 0 atom stereocenters. The van der Waals surface area contributed by atoms with Crippen molar-refractivity contribution in [3.8, 4) is 5.88 Å². The molecule has 0 fully saturated rings. The summed E-state index contributed by atoms with van der Waals surface area (Å²) in [6.45, 7) is 1.40. The third kappa shape index (κ3) is 2.10. The lowest BCUT2D eigenvalue weighted by molar-refractivity contribution is 0.0594. The Labute approximate surface area is 91.2 Å². The quantitative estimate of drug-likeness (QED) is 0.747. The summed E-state index contributed by atoms with van der Waals surface area (Å²) in [4.78, 5) is 15.0. The summed E-state index contributed by atoms with van der Waals surface area (Å²) in [6, 6.07) is 0. The van der Waals surface area contributed by atoms with Gasteiger partial charge in [0.05, 0.1) is 14.2 Å². The molecule has 0 saturated heterocycles. The Morgan fingerprint density at radius 1 is 1.44 bits per heavy atom. The van der Waals surface area contributed by atoms with Crippen LogP contribution in [0.15, 0.2) is 6.20 Å². The molecule has 0 spiro atoms. The highest BCUT2D eigenvalue weighted by Crippen LogP contribution is 2.29. The molecule has 0 aliphatic rings. The van der Waals surface area contributed by atoms with E-state index in [1.54, 1.807) is 0 Å². The summed E-state index contributed by atoms with van der Waals surface area (Å²) in [7, 11) is 2.46. The van der Waals surface area contributed by atoms with Crippen LogP contribution in [0.2, 0.25) is 0 Å². The fraction of sp³-hybridized carbons (Fsp3) is 0.400. The number of hydrogen-bond acceptors (Lipinski definition) is 4. The Kier molecular flexibility index (Phi) is 3.76. The molecule has 0 unspecified atom stereocenters. The number of esters is 1. The SMILES string of the molecule is COC(=O)c1c(OC)ncc(C(F)F)c1C. The van der Waals surface area contributed by atoms with Gasteiger partial charge in [0.1, 0.15) is 5.56 Å². The number of alkyl halides is 2. The summed E-state index contributed by atoms with van der Waals surface area (Å²) in [5, 5.41) is 0. The molecule has 1 rings (SSSR count). The maximum absolute atomic E-state index is 12.6. The third-order valence-corrected chi connectivity index (χ3v) is 2.16. The number of rotatable bonds is 3. The van der Waals surface area contributed by atoms with Crippen molar-refractivity contribution in [3.05, 3.63) is 22.9 Å². The lowest BCUT2D eigenvalue weighted by atomic mass is 10.1. The van der Waals surface area contributed by atoms with Gasteiger partial charge in [-0.05, 0) is 12.5 Å². The monoisotopic (exact) mass is 231 g/mol. The van der Waals surface area contributed by atoms with E-state index in [2.05, 4.69) is 9.72 Å². The van der Waals surface area contributed by atoms with Crippen LogP contribution in [0, 0.1) is 6.92 Å². The molecular weight excluding hydrogens is 220 g/mol. The minimum atomic E-state index is -2.69. The largest absolute Gasteiger partial charge is 0.480 e. The van der Waals surface area contributed by atoms with Gasteiger partial charge >= 0.3 is 5.97 Å². The van der Waals surface area contributed by atoms with Crippen molar-refractivity contribution in [1.82, 2.24) is 4.98 Å². The molecule has 0 saturated carbocycles. The van der Waals surface area contributed by atoms with Crippen LogP contribution in [0.25, 0.3) is 0 Å². The maximum Gasteiger partial charge on any atom is 0.343 e. The number of halogens is 2. The lowest BCUT2D eigenvalue weighted by Crippen LogP contribution is -2.10. The Morgan fingerprint density at radius 3 is 2.50 bits per heavy atom. The number of ether oxygens (including phenoxy) is 2. The van der Waals surface area contributed by atoms with E-state index in [4.69, 9.17) is 4.74 Å². The molecule has 4 nitrogen and oxygen atoms in total. The van der Waals surface area contributed by atoms with Crippen LogP contribution in [0.5, 0.6) is 5.88 Å². The molecule has 0 aromatic carbocycles. The minimum absolute atomic E-state index is 0.0197. The highest BCUT2D eigenvalue weighted by atomic mass is 19.3. The smallest absolute Gasteiger partial charge is 0.343 e. The van der Waals surface area contributed by atoms with E-state index in [-0.39, 0.29) is 22.6 Å². The Balaban J connectivity index is 3.40. The standard InChI is InChI=1S/C10H11F2NO3/c1-5-6(8(11)12)4-13-9(15-2)7(5)10(14)16-3/h4,8H,1-3H3.